The van der Waals surface area contributed by atoms with E-state index in [4.69, 9.17) is 14.0 Å². The summed E-state index contributed by atoms with van der Waals surface area (Å²) in [6.45, 7) is 6.12. The van der Waals surface area contributed by atoms with Crippen LogP contribution in [0.5, 0.6) is 11.5 Å². The first-order chi connectivity index (χ1) is 10.2. The fraction of sp³-hybridized carbons (Fsp3) is 0.438. The Morgan fingerprint density at radius 2 is 2.14 bits per heavy atom. The van der Waals surface area contributed by atoms with Crippen LogP contribution in [0.2, 0.25) is 0 Å². The topological polar surface area (TPSA) is 56.5 Å². The molecule has 0 aliphatic carbocycles. The lowest BCUT2D eigenvalue weighted by Crippen LogP contribution is -2.14. The van der Waals surface area contributed by atoms with Crippen LogP contribution in [0.15, 0.2) is 28.8 Å². The van der Waals surface area contributed by atoms with E-state index in [2.05, 4.69) is 17.4 Å². The molecule has 2 aromatic rings. The molecule has 0 aliphatic rings. The fourth-order valence-electron chi connectivity index (χ4n) is 2.00. The highest BCUT2D eigenvalue weighted by Crippen LogP contribution is 2.25. The molecular weight excluding hydrogens is 268 g/mol. The Kier molecular flexibility index (Phi) is 5.63. The second kappa shape index (κ2) is 7.69. The highest BCUT2D eigenvalue weighted by atomic mass is 16.5. The van der Waals surface area contributed by atoms with Crippen molar-refractivity contribution in [3.8, 4) is 11.5 Å². The van der Waals surface area contributed by atoms with Gasteiger partial charge in [-0.2, -0.15) is 0 Å². The molecule has 114 valence electrons. The molecule has 0 aliphatic heterocycles. The van der Waals surface area contributed by atoms with Crippen molar-refractivity contribution in [2.75, 3.05) is 13.7 Å². The predicted molar refractivity (Wildman–Crippen MR) is 80.6 cm³/mol. The zero-order chi connectivity index (χ0) is 15.1. The molecule has 1 N–H and O–H groups in total. The molecule has 0 radical (unpaired) electrons. The van der Waals surface area contributed by atoms with E-state index in [1.54, 1.807) is 7.11 Å². The Balaban J connectivity index is 2.05. The maximum absolute atomic E-state index is 5.85. The molecule has 0 saturated carbocycles. The van der Waals surface area contributed by atoms with Gasteiger partial charge in [-0.3, -0.25) is 0 Å². The predicted octanol–water partition coefficient (Wildman–Crippen LogP) is 3.07. The average molecular weight is 290 g/mol. The molecule has 5 heteroatoms. The van der Waals surface area contributed by atoms with Crippen LogP contribution in [0.3, 0.4) is 0 Å². The van der Waals surface area contributed by atoms with Gasteiger partial charge in [0, 0.05) is 18.2 Å². The highest BCUT2D eigenvalue weighted by Gasteiger charge is 2.08. The summed E-state index contributed by atoms with van der Waals surface area (Å²) in [6.07, 6.45) is 1.10. The summed E-state index contributed by atoms with van der Waals surface area (Å²) in [6, 6.07) is 7.69. The molecule has 1 aromatic carbocycles. The molecule has 0 unspecified atom stereocenters. The number of methoxy groups -OCH3 is 1. The van der Waals surface area contributed by atoms with Gasteiger partial charge < -0.3 is 19.3 Å². The fourth-order valence-corrected chi connectivity index (χ4v) is 2.00. The van der Waals surface area contributed by atoms with Crippen molar-refractivity contribution in [3.05, 3.63) is 41.3 Å². The van der Waals surface area contributed by atoms with Crippen LogP contribution in [0.4, 0.5) is 0 Å². The molecule has 2 rings (SSSR count). The molecule has 21 heavy (non-hydrogen) atoms. The van der Waals surface area contributed by atoms with Gasteiger partial charge in [0.05, 0.1) is 7.11 Å². The lowest BCUT2D eigenvalue weighted by atomic mass is 10.2. The summed E-state index contributed by atoms with van der Waals surface area (Å²) in [7, 11) is 1.66. The number of hydrogen-bond acceptors (Lipinski definition) is 5. The molecule has 0 atom stereocenters. The Bertz CT molecular complexity index is 566. The van der Waals surface area contributed by atoms with E-state index < -0.39 is 0 Å². The van der Waals surface area contributed by atoms with E-state index in [1.165, 1.54) is 0 Å². The number of aryl methyl sites for hydroxylation is 1. The van der Waals surface area contributed by atoms with Crippen LogP contribution in [-0.2, 0) is 13.2 Å². The number of aromatic nitrogens is 1. The second-order valence-corrected chi connectivity index (χ2v) is 4.87. The van der Waals surface area contributed by atoms with Crippen molar-refractivity contribution in [1.29, 1.82) is 0 Å². The van der Waals surface area contributed by atoms with Gasteiger partial charge in [0.25, 0.3) is 0 Å². The Morgan fingerprint density at radius 1 is 1.29 bits per heavy atom. The van der Waals surface area contributed by atoms with E-state index in [0.29, 0.717) is 6.61 Å². The lowest BCUT2D eigenvalue weighted by molar-refractivity contribution is 0.284. The summed E-state index contributed by atoms with van der Waals surface area (Å²) < 4.78 is 16.2. The summed E-state index contributed by atoms with van der Waals surface area (Å²) in [5, 5.41) is 7.31. The van der Waals surface area contributed by atoms with E-state index in [9.17, 15) is 0 Å². The Morgan fingerprint density at radius 3 is 2.81 bits per heavy atom. The van der Waals surface area contributed by atoms with E-state index in [1.807, 2.05) is 31.2 Å². The van der Waals surface area contributed by atoms with Crippen molar-refractivity contribution in [2.24, 2.45) is 0 Å². The van der Waals surface area contributed by atoms with Crippen molar-refractivity contribution >= 4 is 0 Å². The monoisotopic (exact) mass is 290 g/mol. The van der Waals surface area contributed by atoms with Gasteiger partial charge in [0.2, 0.25) is 0 Å². The number of benzene rings is 1. The lowest BCUT2D eigenvalue weighted by Gasteiger charge is -2.12. The minimum Gasteiger partial charge on any atom is -0.497 e. The van der Waals surface area contributed by atoms with E-state index >= 15 is 0 Å². The number of nitrogens with one attached hydrogen (secondary N) is 1. The zero-order valence-corrected chi connectivity index (χ0v) is 12.8. The Labute approximate surface area is 125 Å². The molecule has 1 aromatic heterocycles. The van der Waals surface area contributed by atoms with Gasteiger partial charge in [-0.05, 0) is 38.1 Å². The Hall–Kier alpha value is -2.01. The third-order valence-corrected chi connectivity index (χ3v) is 3.06. The van der Waals surface area contributed by atoms with Gasteiger partial charge in [0.1, 0.15) is 29.6 Å². The van der Waals surface area contributed by atoms with Crippen LogP contribution in [-0.4, -0.2) is 18.8 Å². The summed E-state index contributed by atoms with van der Waals surface area (Å²) in [5.74, 6) is 2.45. The number of rotatable bonds is 8. The van der Waals surface area contributed by atoms with Gasteiger partial charge in [-0.25, -0.2) is 0 Å². The molecule has 0 saturated heterocycles. The van der Waals surface area contributed by atoms with Crippen molar-refractivity contribution in [2.45, 2.75) is 33.4 Å². The molecular formula is C16H22N2O3. The first-order valence-corrected chi connectivity index (χ1v) is 7.15. The van der Waals surface area contributed by atoms with Gasteiger partial charge in [-0.15, -0.1) is 0 Å². The smallest absolute Gasteiger partial charge is 0.134 e. The minimum atomic E-state index is 0.393. The summed E-state index contributed by atoms with van der Waals surface area (Å²) in [5.41, 5.74) is 1.86. The highest BCUT2D eigenvalue weighted by molar-refractivity contribution is 5.40. The summed E-state index contributed by atoms with van der Waals surface area (Å²) in [4.78, 5) is 0. The maximum atomic E-state index is 5.85. The molecule has 0 bridgehead atoms. The van der Waals surface area contributed by atoms with Gasteiger partial charge in [-0.1, -0.05) is 12.1 Å². The van der Waals surface area contributed by atoms with E-state index in [0.717, 1.165) is 48.0 Å². The standard InChI is InChI=1S/C16H22N2O3/c1-4-7-17-10-13-9-15(19-3)5-6-16(13)20-11-14-8-12(2)21-18-14/h5-6,8-9,17H,4,7,10-11H2,1-3H3. The molecule has 5 nitrogen and oxygen atoms in total. The van der Waals surface area contributed by atoms with Crippen LogP contribution >= 0.6 is 0 Å². The van der Waals surface area contributed by atoms with Crippen molar-refractivity contribution in [3.63, 3.8) is 0 Å². The summed E-state index contributed by atoms with van der Waals surface area (Å²) >= 11 is 0. The number of nitrogens with zero attached hydrogens (tertiary/aromatic N) is 1. The normalized spacial score (nSPS) is 10.6. The van der Waals surface area contributed by atoms with Crippen molar-refractivity contribution < 1.29 is 14.0 Å². The first-order valence-electron chi connectivity index (χ1n) is 7.15. The largest absolute Gasteiger partial charge is 0.497 e. The number of hydrogen-bond donors (Lipinski definition) is 1. The average Bonchev–Trinajstić information content (AvgIpc) is 2.91. The third kappa shape index (κ3) is 4.49. The zero-order valence-electron chi connectivity index (χ0n) is 12.8. The van der Waals surface area contributed by atoms with Crippen LogP contribution in [0, 0.1) is 6.92 Å². The molecule has 0 amide bonds. The maximum Gasteiger partial charge on any atom is 0.134 e. The van der Waals surface area contributed by atoms with Gasteiger partial charge in [0.15, 0.2) is 0 Å². The third-order valence-electron chi connectivity index (χ3n) is 3.06. The molecule has 0 fully saturated rings. The van der Waals surface area contributed by atoms with Crippen LogP contribution in [0.1, 0.15) is 30.4 Å². The van der Waals surface area contributed by atoms with Crippen molar-refractivity contribution in [1.82, 2.24) is 10.5 Å². The molecule has 0 spiro atoms. The van der Waals surface area contributed by atoms with Crippen LogP contribution < -0.4 is 14.8 Å². The van der Waals surface area contributed by atoms with Crippen LogP contribution in [0.25, 0.3) is 0 Å². The van der Waals surface area contributed by atoms with E-state index in [-0.39, 0.29) is 0 Å². The number of ether oxygens (including phenoxy) is 2. The minimum absolute atomic E-state index is 0.393. The quantitative estimate of drug-likeness (QED) is 0.757. The SMILES string of the molecule is CCCNCc1cc(OC)ccc1OCc1cc(C)on1. The van der Waals surface area contributed by atoms with Gasteiger partial charge >= 0.3 is 0 Å². The first kappa shape index (κ1) is 15.4. The molecule has 1 heterocycles. The second-order valence-electron chi connectivity index (χ2n) is 4.87.